The smallest absolute Gasteiger partial charge is 0.269 e. The van der Waals surface area contributed by atoms with Crippen molar-refractivity contribution in [2.24, 2.45) is 10.7 Å². The standard InChI is InChI=1S/C15H16N4O2.HI/c1-11-3-2-4-13(9-11)18-15(16)17-10-12-5-7-14(8-6-12)19(20)21;/h2-9H,10H2,1H3,(H3,16,17,18);1H. The van der Waals surface area contributed by atoms with Gasteiger partial charge in [0.1, 0.15) is 0 Å². The number of benzene rings is 2. The van der Waals surface area contributed by atoms with E-state index in [1.165, 1.54) is 12.1 Å². The average Bonchev–Trinajstić information content (AvgIpc) is 2.45. The fourth-order valence-corrected chi connectivity index (χ4v) is 1.81. The lowest BCUT2D eigenvalue weighted by Gasteiger charge is -2.06. The van der Waals surface area contributed by atoms with Gasteiger partial charge in [0.15, 0.2) is 5.96 Å². The predicted molar refractivity (Wildman–Crippen MR) is 98.6 cm³/mol. The van der Waals surface area contributed by atoms with Gasteiger partial charge in [0.05, 0.1) is 11.5 Å². The van der Waals surface area contributed by atoms with Crippen molar-refractivity contribution in [1.29, 1.82) is 0 Å². The summed E-state index contributed by atoms with van der Waals surface area (Å²) in [4.78, 5) is 14.3. The first-order valence-corrected chi connectivity index (χ1v) is 6.41. The highest BCUT2D eigenvalue weighted by Crippen LogP contribution is 2.13. The summed E-state index contributed by atoms with van der Waals surface area (Å²) in [6.07, 6.45) is 0. The van der Waals surface area contributed by atoms with Gasteiger partial charge in [0.2, 0.25) is 0 Å². The third kappa shape index (κ3) is 5.32. The normalized spacial score (nSPS) is 10.7. The molecule has 7 heteroatoms. The molecule has 116 valence electrons. The van der Waals surface area contributed by atoms with Crippen LogP contribution in [0.15, 0.2) is 53.5 Å². The fourth-order valence-electron chi connectivity index (χ4n) is 1.81. The maximum absolute atomic E-state index is 10.6. The number of non-ortho nitro benzene ring substituents is 1. The molecule has 0 bridgehead atoms. The lowest BCUT2D eigenvalue weighted by atomic mass is 10.2. The highest BCUT2D eigenvalue weighted by Gasteiger charge is 2.03. The Balaban J connectivity index is 0.00000242. The van der Waals surface area contributed by atoms with Crippen LogP contribution in [0.25, 0.3) is 0 Å². The van der Waals surface area contributed by atoms with Gasteiger partial charge >= 0.3 is 0 Å². The van der Waals surface area contributed by atoms with Crippen molar-refractivity contribution in [2.75, 3.05) is 5.32 Å². The molecule has 2 aromatic carbocycles. The van der Waals surface area contributed by atoms with E-state index in [0.29, 0.717) is 12.5 Å². The number of hydrogen-bond acceptors (Lipinski definition) is 3. The highest BCUT2D eigenvalue weighted by molar-refractivity contribution is 14.0. The SMILES string of the molecule is Cc1cccc(NC(N)=NCc2ccc([N+](=O)[O-])cc2)c1.I. The van der Waals surface area contributed by atoms with E-state index in [4.69, 9.17) is 5.73 Å². The number of halogens is 1. The molecule has 2 aromatic rings. The van der Waals surface area contributed by atoms with Crippen LogP contribution in [-0.4, -0.2) is 10.9 Å². The van der Waals surface area contributed by atoms with Gasteiger partial charge in [-0.1, -0.05) is 24.3 Å². The average molecular weight is 412 g/mol. The first-order chi connectivity index (χ1) is 10.0. The van der Waals surface area contributed by atoms with Crippen LogP contribution in [0, 0.1) is 17.0 Å². The molecule has 0 aliphatic rings. The molecular formula is C15H17IN4O2. The molecule has 0 aliphatic carbocycles. The first kappa shape index (κ1) is 17.9. The van der Waals surface area contributed by atoms with Gasteiger partial charge in [-0.05, 0) is 30.2 Å². The highest BCUT2D eigenvalue weighted by atomic mass is 127. The summed E-state index contributed by atoms with van der Waals surface area (Å²) in [5, 5.41) is 13.6. The minimum atomic E-state index is -0.430. The molecule has 0 radical (unpaired) electrons. The van der Waals surface area contributed by atoms with Gasteiger partial charge in [0.25, 0.3) is 5.69 Å². The molecule has 0 unspecified atom stereocenters. The summed E-state index contributed by atoms with van der Waals surface area (Å²) >= 11 is 0. The maximum Gasteiger partial charge on any atom is 0.269 e. The molecule has 0 aliphatic heterocycles. The van der Waals surface area contributed by atoms with E-state index in [1.54, 1.807) is 12.1 Å². The number of hydrogen-bond donors (Lipinski definition) is 2. The number of nitrogens with zero attached hydrogens (tertiary/aromatic N) is 2. The lowest BCUT2D eigenvalue weighted by Crippen LogP contribution is -2.22. The maximum atomic E-state index is 10.6. The fraction of sp³-hybridized carbons (Fsp3) is 0.133. The molecule has 0 heterocycles. The monoisotopic (exact) mass is 412 g/mol. The second kappa shape index (κ2) is 8.32. The number of nitro groups is 1. The second-order valence-electron chi connectivity index (χ2n) is 4.62. The van der Waals surface area contributed by atoms with E-state index in [0.717, 1.165) is 16.8 Å². The number of nitrogens with one attached hydrogen (secondary N) is 1. The van der Waals surface area contributed by atoms with E-state index in [9.17, 15) is 10.1 Å². The summed E-state index contributed by atoms with van der Waals surface area (Å²) in [6.45, 7) is 2.36. The van der Waals surface area contributed by atoms with Crippen molar-refractivity contribution in [3.8, 4) is 0 Å². The molecule has 2 rings (SSSR count). The summed E-state index contributed by atoms with van der Waals surface area (Å²) in [5.41, 5.74) is 8.73. The van der Waals surface area contributed by atoms with Gasteiger partial charge in [0, 0.05) is 17.8 Å². The van der Waals surface area contributed by atoms with Crippen LogP contribution >= 0.6 is 24.0 Å². The molecule has 0 fully saturated rings. The lowest BCUT2D eigenvalue weighted by molar-refractivity contribution is -0.384. The predicted octanol–water partition coefficient (Wildman–Crippen LogP) is 3.45. The molecular weight excluding hydrogens is 395 g/mol. The third-order valence-electron chi connectivity index (χ3n) is 2.87. The minimum absolute atomic E-state index is 0. The number of rotatable bonds is 4. The van der Waals surface area contributed by atoms with Gasteiger partial charge < -0.3 is 11.1 Å². The number of anilines is 1. The zero-order chi connectivity index (χ0) is 15.2. The van der Waals surface area contributed by atoms with E-state index >= 15 is 0 Å². The first-order valence-electron chi connectivity index (χ1n) is 6.41. The van der Waals surface area contributed by atoms with Gasteiger partial charge in [-0.3, -0.25) is 10.1 Å². The quantitative estimate of drug-likeness (QED) is 0.265. The van der Waals surface area contributed by atoms with Crippen LogP contribution in [0.2, 0.25) is 0 Å². The zero-order valence-corrected chi connectivity index (χ0v) is 14.4. The molecule has 3 N–H and O–H groups in total. The van der Waals surface area contributed by atoms with E-state index in [1.807, 2.05) is 31.2 Å². The summed E-state index contributed by atoms with van der Waals surface area (Å²) in [5.74, 6) is 0.305. The molecule has 6 nitrogen and oxygen atoms in total. The Morgan fingerprint density at radius 2 is 1.95 bits per heavy atom. The Morgan fingerprint density at radius 3 is 2.55 bits per heavy atom. The second-order valence-corrected chi connectivity index (χ2v) is 4.62. The van der Waals surface area contributed by atoms with Gasteiger partial charge in [-0.25, -0.2) is 4.99 Å². The summed E-state index contributed by atoms with van der Waals surface area (Å²) < 4.78 is 0. The third-order valence-corrected chi connectivity index (χ3v) is 2.87. The van der Waals surface area contributed by atoms with Crippen molar-refractivity contribution in [2.45, 2.75) is 13.5 Å². The molecule has 0 saturated heterocycles. The van der Waals surface area contributed by atoms with E-state index in [2.05, 4.69) is 10.3 Å². The Hall–Kier alpha value is -2.16. The van der Waals surface area contributed by atoms with E-state index < -0.39 is 4.92 Å². The van der Waals surface area contributed by atoms with Crippen LogP contribution in [0.1, 0.15) is 11.1 Å². The van der Waals surface area contributed by atoms with Crippen molar-refractivity contribution >= 4 is 41.3 Å². The van der Waals surface area contributed by atoms with Crippen molar-refractivity contribution < 1.29 is 4.92 Å². The molecule has 0 spiro atoms. The number of nitrogens with two attached hydrogens (primary N) is 1. The topological polar surface area (TPSA) is 93.5 Å². The van der Waals surface area contributed by atoms with E-state index in [-0.39, 0.29) is 29.7 Å². The van der Waals surface area contributed by atoms with Crippen LogP contribution in [0.4, 0.5) is 11.4 Å². The van der Waals surface area contributed by atoms with Crippen LogP contribution in [-0.2, 0) is 6.54 Å². The Morgan fingerprint density at radius 1 is 1.27 bits per heavy atom. The molecule has 0 atom stereocenters. The van der Waals surface area contributed by atoms with Gasteiger partial charge in [-0.15, -0.1) is 24.0 Å². The molecule has 22 heavy (non-hydrogen) atoms. The number of aryl methyl sites for hydroxylation is 1. The Labute approximate surface area is 145 Å². The Bertz CT molecular complexity index is 671. The number of aliphatic imine (C=N–C) groups is 1. The zero-order valence-electron chi connectivity index (χ0n) is 12.0. The molecule has 0 aromatic heterocycles. The van der Waals surface area contributed by atoms with Crippen LogP contribution < -0.4 is 11.1 Å². The molecule has 0 amide bonds. The summed E-state index contributed by atoms with van der Waals surface area (Å²) in [6, 6.07) is 14.0. The van der Waals surface area contributed by atoms with Crippen LogP contribution in [0.3, 0.4) is 0 Å². The minimum Gasteiger partial charge on any atom is -0.370 e. The number of guanidine groups is 1. The number of nitro benzene ring substituents is 1. The largest absolute Gasteiger partial charge is 0.370 e. The van der Waals surface area contributed by atoms with Crippen molar-refractivity contribution in [3.63, 3.8) is 0 Å². The van der Waals surface area contributed by atoms with Crippen molar-refractivity contribution in [3.05, 3.63) is 69.8 Å². The van der Waals surface area contributed by atoms with Crippen LogP contribution in [0.5, 0.6) is 0 Å². The summed E-state index contributed by atoms with van der Waals surface area (Å²) in [7, 11) is 0. The molecule has 0 saturated carbocycles. The van der Waals surface area contributed by atoms with Crippen molar-refractivity contribution in [1.82, 2.24) is 0 Å². The Kier molecular flexibility index (Phi) is 6.77. The van der Waals surface area contributed by atoms with Gasteiger partial charge in [-0.2, -0.15) is 0 Å².